The Balaban J connectivity index is 1.82. The van der Waals surface area contributed by atoms with Gasteiger partial charge in [0.15, 0.2) is 11.6 Å². The van der Waals surface area contributed by atoms with Gasteiger partial charge in [0.2, 0.25) is 0 Å². The van der Waals surface area contributed by atoms with E-state index in [0.29, 0.717) is 29.1 Å². The zero-order valence-corrected chi connectivity index (χ0v) is 14.9. The Kier molecular flexibility index (Phi) is 5.46. The molecule has 1 unspecified atom stereocenters. The molecule has 2 atom stereocenters. The number of hydrogen-bond donors (Lipinski definition) is 2. The smallest absolute Gasteiger partial charge is 0.316 e. The van der Waals surface area contributed by atoms with E-state index in [-0.39, 0.29) is 17.7 Å². The maximum Gasteiger partial charge on any atom is 0.316 e. The summed E-state index contributed by atoms with van der Waals surface area (Å²) in [5.41, 5.74) is 1.00. The Morgan fingerprint density at radius 1 is 1.27 bits per heavy atom. The number of thioether (sulfide) groups is 1. The third kappa shape index (κ3) is 3.83. The maximum atomic E-state index is 13.9. The van der Waals surface area contributed by atoms with E-state index in [1.807, 2.05) is 0 Å². The normalized spacial score (nSPS) is 16.9. The van der Waals surface area contributed by atoms with Crippen LogP contribution in [0.4, 0.5) is 4.39 Å². The molecule has 0 bridgehead atoms. The fourth-order valence-corrected chi connectivity index (χ4v) is 3.70. The first-order chi connectivity index (χ1) is 12.5. The maximum absolute atomic E-state index is 13.9. The van der Waals surface area contributed by atoms with Gasteiger partial charge in [-0.2, -0.15) is 0 Å². The molecule has 0 fully saturated rings. The predicted molar refractivity (Wildman–Crippen MR) is 96.1 cm³/mol. The van der Waals surface area contributed by atoms with Crippen LogP contribution in [0.5, 0.6) is 5.75 Å². The number of fused-ring (bicyclic) bond motifs is 1. The standard InChI is InChI=1S/C19H18FNO4S/c1-11(19(23)24)26-16-8-3-2-5-13(16)18(22)21-15-9-10-25-17-12(15)6-4-7-14(17)20/h2-8,11,15H,9-10H2,1H3,(H,21,22)(H,23,24)/t11?,15-/m0/s1. The third-order valence-electron chi connectivity index (χ3n) is 4.11. The minimum absolute atomic E-state index is 0.172. The summed E-state index contributed by atoms with van der Waals surface area (Å²) < 4.78 is 19.3. The number of nitrogens with one attached hydrogen (secondary N) is 1. The van der Waals surface area contributed by atoms with Gasteiger partial charge in [-0.15, -0.1) is 11.8 Å². The molecule has 1 amide bonds. The van der Waals surface area contributed by atoms with Gasteiger partial charge in [-0.1, -0.05) is 24.3 Å². The van der Waals surface area contributed by atoms with Crippen LogP contribution in [-0.4, -0.2) is 28.8 Å². The number of ether oxygens (including phenoxy) is 1. The number of aliphatic carboxylic acids is 1. The highest BCUT2D eigenvalue weighted by Crippen LogP contribution is 2.34. The van der Waals surface area contributed by atoms with Crippen LogP contribution in [0, 0.1) is 5.82 Å². The minimum Gasteiger partial charge on any atom is -0.490 e. The average molecular weight is 375 g/mol. The molecular weight excluding hydrogens is 357 g/mol. The largest absolute Gasteiger partial charge is 0.490 e. The van der Waals surface area contributed by atoms with Crippen molar-refractivity contribution in [1.82, 2.24) is 5.32 Å². The van der Waals surface area contributed by atoms with Crippen LogP contribution in [0.3, 0.4) is 0 Å². The predicted octanol–water partition coefficient (Wildman–Crippen LogP) is 3.64. The summed E-state index contributed by atoms with van der Waals surface area (Å²) in [5, 5.41) is 11.3. The summed E-state index contributed by atoms with van der Waals surface area (Å²) in [6.45, 7) is 1.88. The molecule has 0 aliphatic carbocycles. The van der Waals surface area contributed by atoms with E-state index in [4.69, 9.17) is 9.84 Å². The number of rotatable bonds is 5. The molecule has 0 saturated carbocycles. The van der Waals surface area contributed by atoms with Crippen molar-refractivity contribution in [1.29, 1.82) is 0 Å². The Hall–Kier alpha value is -2.54. The topological polar surface area (TPSA) is 75.6 Å². The Morgan fingerprint density at radius 3 is 2.81 bits per heavy atom. The van der Waals surface area contributed by atoms with Gasteiger partial charge >= 0.3 is 5.97 Å². The summed E-state index contributed by atoms with van der Waals surface area (Å²) in [5.74, 6) is -1.55. The lowest BCUT2D eigenvalue weighted by Crippen LogP contribution is -2.32. The molecule has 0 spiro atoms. The van der Waals surface area contributed by atoms with Crippen molar-refractivity contribution < 1.29 is 23.8 Å². The first-order valence-electron chi connectivity index (χ1n) is 8.18. The summed E-state index contributed by atoms with van der Waals surface area (Å²) in [4.78, 5) is 24.5. The van der Waals surface area contributed by atoms with Crippen LogP contribution < -0.4 is 10.1 Å². The molecule has 1 aliphatic heterocycles. The molecule has 2 N–H and O–H groups in total. The molecular formula is C19H18FNO4S. The molecule has 3 rings (SSSR count). The summed E-state index contributed by atoms with van der Waals surface area (Å²) in [6, 6.07) is 11.1. The zero-order valence-electron chi connectivity index (χ0n) is 14.1. The highest BCUT2D eigenvalue weighted by Gasteiger charge is 2.26. The number of para-hydroxylation sites is 1. The van der Waals surface area contributed by atoms with E-state index >= 15 is 0 Å². The van der Waals surface area contributed by atoms with Crippen LogP contribution in [0.2, 0.25) is 0 Å². The van der Waals surface area contributed by atoms with Gasteiger partial charge in [0.1, 0.15) is 5.25 Å². The van der Waals surface area contributed by atoms with Gasteiger partial charge in [-0.05, 0) is 25.1 Å². The van der Waals surface area contributed by atoms with E-state index < -0.39 is 17.0 Å². The summed E-state index contributed by atoms with van der Waals surface area (Å²) in [7, 11) is 0. The Labute approximate surface area is 154 Å². The second kappa shape index (κ2) is 7.78. The van der Waals surface area contributed by atoms with Crippen molar-refractivity contribution in [3.05, 3.63) is 59.4 Å². The summed E-state index contributed by atoms with van der Waals surface area (Å²) in [6.07, 6.45) is 0.531. The Morgan fingerprint density at radius 2 is 2.04 bits per heavy atom. The van der Waals surface area contributed by atoms with E-state index in [2.05, 4.69) is 5.32 Å². The molecule has 1 heterocycles. The molecule has 1 aliphatic rings. The van der Waals surface area contributed by atoms with Crippen LogP contribution in [0.1, 0.15) is 35.3 Å². The van der Waals surface area contributed by atoms with Crippen molar-refractivity contribution in [2.45, 2.75) is 29.5 Å². The molecule has 0 radical (unpaired) electrons. The van der Waals surface area contributed by atoms with E-state index in [1.54, 1.807) is 43.3 Å². The van der Waals surface area contributed by atoms with Crippen molar-refractivity contribution in [3.8, 4) is 5.75 Å². The number of hydrogen-bond acceptors (Lipinski definition) is 4. The van der Waals surface area contributed by atoms with E-state index in [9.17, 15) is 14.0 Å². The molecule has 7 heteroatoms. The van der Waals surface area contributed by atoms with Gasteiger partial charge in [-0.3, -0.25) is 9.59 Å². The quantitative estimate of drug-likeness (QED) is 0.781. The fourth-order valence-electron chi connectivity index (χ4n) is 2.77. The Bertz CT molecular complexity index is 842. The first kappa shape index (κ1) is 18.3. The van der Waals surface area contributed by atoms with Gasteiger partial charge in [0, 0.05) is 16.9 Å². The monoisotopic (exact) mass is 375 g/mol. The molecule has 0 aromatic heterocycles. The number of benzene rings is 2. The van der Waals surface area contributed by atoms with Crippen molar-refractivity contribution >= 4 is 23.6 Å². The van der Waals surface area contributed by atoms with Crippen molar-refractivity contribution in [2.24, 2.45) is 0 Å². The number of carboxylic acids is 1. The second-order valence-electron chi connectivity index (χ2n) is 5.92. The molecule has 5 nitrogen and oxygen atoms in total. The molecule has 0 saturated heterocycles. The van der Waals surface area contributed by atoms with Crippen LogP contribution in [0.25, 0.3) is 0 Å². The zero-order chi connectivity index (χ0) is 18.7. The van der Waals surface area contributed by atoms with E-state index in [1.165, 1.54) is 6.07 Å². The number of carbonyl (C=O) groups is 2. The van der Waals surface area contributed by atoms with Crippen LogP contribution in [0.15, 0.2) is 47.4 Å². The average Bonchev–Trinajstić information content (AvgIpc) is 2.63. The highest BCUT2D eigenvalue weighted by atomic mass is 32.2. The molecule has 2 aromatic rings. The van der Waals surface area contributed by atoms with E-state index in [0.717, 1.165) is 11.8 Å². The third-order valence-corrected chi connectivity index (χ3v) is 5.28. The minimum atomic E-state index is -0.945. The number of halogens is 1. The van der Waals surface area contributed by atoms with Crippen LogP contribution >= 0.6 is 11.8 Å². The highest BCUT2D eigenvalue weighted by molar-refractivity contribution is 8.00. The van der Waals surface area contributed by atoms with Gasteiger partial charge < -0.3 is 15.2 Å². The van der Waals surface area contributed by atoms with Crippen LogP contribution in [-0.2, 0) is 4.79 Å². The lowest BCUT2D eigenvalue weighted by atomic mass is 10.00. The molecule has 2 aromatic carbocycles. The number of amides is 1. The van der Waals surface area contributed by atoms with Gasteiger partial charge in [-0.25, -0.2) is 4.39 Å². The van der Waals surface area contributed by atoms with Gasteiger partial charge in [0.25, 0.3) is 5.91 Å². The lowest BCUT2D eigenvalue weighted by molar-refractivity contribution is -0.136. The lowest BCUT2D eigenvalue weighted by Gasteiger charge is -2.27. The fraction of sp³-hybridized carbons (Fsp3) is 0.263. The molecule has 136 valence electrons. The van der Waals surface area contributed by atoms with Gasteiger partial charge in [0.05, 0.1) is 18.2 Å². The number of carbonyl (C=O) groups excluding carboxylic acids is 1. The molecule has 26 heavy (non-hydrogen) atoms. The number of carboxylic acid groups (broad SMARTS) is 1. The first-order valence-corrected chi connectivity index (χ1v) is 9.06. The summed E-state index contributed by atoms with van der Waals surface area (Å²) >= 11 is 1.11. The SMILES string of the molecule is CC(Sc1ccccc1C(=O)N[C@H]1CCOc2c(F)cccc21)C(=O)O. The second-order valence-corrected chi connectivity index (χ2v) is 7.30. The van der Waals surface area contributed by atoms with Crippen molar-refractivity contribution in [3.63, 3.8) is 0 Å². The van der Waals surface area contributed by atoms with Crippen molar-refractivity contribution in [2.75, 3.05) is 6.61 Å².